The molecule has 7 rings (SSSR count). The predicted octanol–water partition coefficient (Wildman–Crippen LogP) is 4.23. The van der Waals surface area contributed by atoms with E-state index in [0.29, 0.717) is 3.42 Å². The van der Waals surface area contributed by atoms with Crippen LogP contribution in [0.25, 0.3) is 0 Å². The van der Waals surface area contributed by atoms with Crippen LogP contribution in [0.4, 0.5) is 0 Å². The maximum absolute atomic E-state index is 2.95. The smallest absolute Gasteiger partial charge is 0.0261 e. The van der Waals surface area contributed by atoms with Crippen molar-refractivity contribution in [1.82, 2.24) is 0 Å². The van der Waals surface area contributed by atoms with Crippen LogP contribution in [0.5, 0.6) is 0 Å². The summed E-state index contributed by atoms with van der Waals surface area (Å²) in [5, 5.41) is 0. The van der Waals surface area contributed by atoms with Gasteiger partial charge in [0.1, 0.15) is 0 Å². The Morgan fingerprint density at radius 2 is 1.00 bits per heavy atom. The summed E-state index contributed by atoms with van der Waals surface area (Å²) in [6.45, 7) is 2.68. The van der Waals surface area contributed by atoms with Crippen molar-refractivity contribution in [3.05, 3.63) is 0 Å². The number of hydrogen-bond donors (Lipinski definition) is 0. The van der Waals surface area contributed by atoms with E-state index < -0.39 is 0 Å². The van der Waals surface area contributed by atoms with Crippen LogP contribution >= 0.6 is 22.6 Å². The number of fused-ring (bicyclic) bond motifs is 15. The lowest BCUT2D eigenvalue weighted by Gasteiger charge is -2.76. The minimum atomic E-state index is 0.705. The van der Waals surface area contributed by atoms with Crippen molar-refractivity contribution in [2.45, 2.75) is 36.0 Å². The maximum atomic E-state index is 2.95. The molecule has 19 heavy (non-hydrogen) atoms. The highest BCUT2D eigenvalue weighted by atomic mass is 127. The van der Waals surface area contributed by atoms with Crippen LogP contribution < -0.4 is 0 Å². The first-order valence-electron chi connectivity index (χ1n) is 8.90. The fraction of sp³-hybridized carbons (Fsp3) is 1.00. The van der Waals surface area contributed by atoms with Crippen molar-refractivity contribution in [1.29, 1.82) is 0 Å². The van der Waals surface area contributed by atoms with Gasteiger partial charge in [0.15, 0.2) is 0 Å². The van der Waals surface area contributed by atoms with Crippen molar-refractivity contribution >= 4 is 22.6 Å². The Kier molecular flexibility index (Phi) is 1.48. The van der Waals surface area contributed by atoms with Gasteiger partial charge in [0.2, 0.25) is 0 Å². The van der Waals surface area contributed by atoms with Gasteiger partial charge in [-0.25, -0.2) is 0 Å². The molecule has 7 saturated carbocycles. The summed E-state index contributed by atoms with van der Waals surface area (Å²) in [5.41, 5.74) is 0. The van der Waals surface area contributed by atoms with E-state index in [-0.39, 0.29) is 0 Å². The summed E-state index contributed by atoms with van der Waals surface area (Å²) in [6.07, 6.45) is 6.44. The largest absolute Gasteiger partial charge is 0.0785 e. The highest BCUT2D eigenvalue weighted by molar-refractivity contribution is 14.1. The van der Waals surface area contributed by atoms with Crippen molar-refractivity contribution in [3.63, 3.8) is 0 Å². The summed E-state index contributed by atoms with van der Waals surface area (Å²) < 4.78 is 0.705. The zero-order chi connectivity index (χ0) is 12.3. The van der Waals surface area contributed by atoms with Gasteiger partial charge in [0.05, 0.1) is 0 Å². The van der Waals surface area contributed by atoms with Crippen LogP contribution in [0, 0.1) is 71.0 Å². The molecular formula is C18H23I. The van der Waals surface area contributed by atoms with Crippen molar-refractivity contribution < 1.29 is 0 Å². The van der Waals surface area contributed by atoms with Gasteiger partial charge < -0.3 is 0 Å². The number of halogens is 1. The van der Waals surface area contributed by atoms with Crippen LogP contribution in [0.15, 0.2) is 0 Å². The summed E-state index contributed by atoms with van der Waals surface area (Å²) in [5.74, 6) is 14.6. The number of alkyl halides is 1. The third kappa shape index (κ3) is 0.766. The number of hydrogen-bond acceptors (Lipinski definition) is 0. The minimum Gasteiger partial charge on any atom is -0.0785 e. The molecular weight excluding hydrogens is 343 g/mol. The van der Waals surface area contributed by atoms with E-state index in [9.17, 15) is 0 Å². The van der Waals surface area contributed by atoms with Gasteiger partial charge >= 0.3 is 0 Å². The van der Waals surface area contributed by atoms with Gasteiger partial charge in [-0.15, -0.1) is 0 Å². The molecule has 102 valence electrons. The van der Waals surface area contributed by atoms with Crippen LogP contribution in [-0.2, 0) is 0 Å². The van der Waals surface area contributed by atoms with Crippen LogP contribution in [-0.4, -0.2) is 3.42 Å². The molecule has 0 bridgehead atoms. The second kappa shape index (κ2) is 2.70. The van der Waals surface area contributed by atoms with E-state index in [1.807, 2.05) is 0 Å². The SMILES string of the molecule is CC1(I)C2C3C4CCC4C3C2C2C3C4CCC4C3C21. The molecule has 1 heteroatoms. The normalized spacial score (nSPS) is 83.7. The Balaban J connectivity index is 1.33. The highest BCUT2D eigenvalue weighted by Gasteiger charge is 2.85. The lowest BCUT2D eigenvalue weighted by Crippen LogP contribution is -2.72. The summed E-state index contributed by atoms with van der Waals surface area (Å²) >= 11 is 2.95. The maximum Gasteiger partial charge on any atom is 0.0261 e. The summed E-state index contributed by atoms with van der Waals surface area (Å²) in [4.78, 5) is 0. The van der Waals surface area contributed by atoms with Gasteiger partial charge in [0.25, 0.3) is 0 Å². The second-order valence-electron chi connectivity index (χ2n) is 9.48. The molecule has 0 heterocycles. The molecule has 7 fully saturated rings. The second-order valence-corrected chi connectivity index (χ2v) is 11.8. The van der Waals surface area contributed by atoms with E-state index in [0.717, 1.165) is 0 Å². The predicted molar refractivity (Wildman–Crippen MR) is 82.8 cm³/mol. The Labute approximate surface area is 129 Å². The molecule has 12 atom stereocenters. The van der Waals surface area contributed by atoms with Crippen molar-refractivity contribution in [2.24, 2.45) is 71.0 Å². The molecule has 12 unspecified atom stereocenters. The molecule has 0 radical (unpaired) electrons. The minimum absolute atomic E-state index is 0.705. The molecule has 0 aromatic rings. The van der Waals surface area contributed by atoms with Gasteiger partial charge in [-0.2, -0.15) is 0 Å². The van der Waals surface area contributed by atoms with E-state index in [1.165, 1.54) is 71.0 Å². The first kappa shape index (κ1) is 10.5. The van der Waals surface area contributed by atoms with E-state index in [1.54, 1.807) is 25.7 Å². The fourth-order valence-corrected chi connectivity index (χ4v) is 11.0. The molecule has 0 amide bonds. The zero-order valence-corrected chi connectivity index (χ0v) is 13.8. The van der Waals surface area contributed by atoms with Gasteiger partial charge in [0, 0.05) is 3.42 Å². The first-order chi connectivity index (χ1) is 9.21. The third-order valence-corrected chi connectivity index (χ3v) is 11.4. The van der Waals surface area contributed by atoms with Crippen LogP contribution in [0.2, 0.25) is 0 Å². The topological polar surface area (TPSA) is 0 Å². The molecule has 0 nitrogen and oxygen atoms in total. The monoisotopic (exact) mass is 366 g/mol. The average Bonchev–Trinajstić information content (AvgIpc) is 2.45. The Hall–Kier alpha value is 0.730. The molecule has 0 aromatic carbocycles. The Morgan fingerprint density at radius 3 is 1.37 bits per heavy atom. The van der Waals surface area contributed by atoms with Gasteiger partial charge in [-0.05, 0) is 104 Å². The van der Waals surface area contributed by atoms with Gasteiger partial charge in [-0.3, -0.25) is 0 Å². The first-order valence-corrected chi connectivity index (χ1v) is 9.98. The number of rotatable bonds is 0. The van der Waals surface area contributed by atoms with E-state index >= 15 is 0 Å². The zero-order valence-electron chi connectivity index (χ0n) is 11.6. The summed E-state index contributed by atoms with van der Waals surface area (Å²) in [7, 11) is 0. The Bertz CT molecular complexity index is 466. The van der Waals surface area contributed by atoms with Gasteiger partial charge in [-0.1, -0.05) is 22.6 Å². The van der Waals surface area contributed by atoms with E-state index in [4.69, 9.17) is 0 Å². The van der Waals surface area contributed by atoms with Crippen LogP contribution in [0.1, 0.15) is 32.6 Å². The van der Waals surface area contributed by atoms with E-state index in [2.05, 4.69) is 29.5 Å². The third-order valence-electron chi connectivity index (χ3n) is 9.93. The molecule has 7 aliphatic rings. The quantitative estimate of drug-likeness (QED) is 0.445. The Morgan fingerprint density at radius 1 is 0.632 bits per heavy atom. The van der Waals surface area contributed by atoms with Crippen molar-refractivity contribution in [3.8, 4) is 0 Å². The van der Waals surface area contributed by atoms with Crippen LogP contribution in [0.3, 0.4) is 0 Å². The lowest BCUT2D eigenvalue weighted by molar-refractivity contribution is -0.293. The fourth-order valence-electron chi connectivity index (χ4n) is 9.38. The molecule has 7 aliphatic carbocycles. The average molecular weight is 366 g/mol. The highest BCUT2D eigenvalue weighted by Crippen LogP contribution is 2.88. The molecule has 0 aromatic heterocycles. The van der Waals surface area contributed by atoms with Crippen molar-refractivity contribution in [2.75, 3.05) is 0 Å². The summed E-state index contributed by atoms with van der Waals surface area (Å²) in [6, 6.07) is 0. The molecule has 0 saturated heterocycles. The molecule has 0 spiro atoms. The molecule has 0 aliphatic heterocycles. The standard InChI is InChI=1S/C18H23I/c1-18(19)16-12-8-4-2-6(8)10(12)14(16)15-11-7-3-5-9(7)13(11)17(15)18/h6-17H,2-5H2,1H3. The lowest BCUT2D eigenvalue weighted by atomic mass is 9.28. The molecule has 0 N–H and O–H groups in total.